The Balaban J connectivity index is 2.61. The second-order valence-electron chi connectivity index (χ2n) is 5.40. The van der Waals surface area contributed by atoms with Crippen molar-refractivity contribution in [3.8, 4) is 11.5 Å². The van der Waals surface area contributed by atoms with Crippen molar-refractivity contribution >= 4 is 21.7 Å². The van der Waals surface area contributed by atoms with Gasteiger partial charge in [-0.1, -0.05) is 0 Å². The highest BCUT2D eigenvalue weighted by molar-refractivity contribution is 7.90. The van der Waals surface area contributed by atoms with E-state index in [1.165, 1.54) is 13.0 Å². The third-order valence-corrected chi connectivity index (χ3v) is 4.38. The largest absolute Gasteiger partial charge is 0.453 e. The molecule has 0 radical (unpaired) electrons. The Hall–Kier alpha value is -3.01. The highest BCUT2D eigenvalue weighted by atomic mass is 32.2. The summed E-state index contributed by atoms with van der Waals surface area (Å²) in [6, 6.07) is 4.84. The van der Waals surface area contributed by atoms with E-state index < -0.39 is 33.3 Å². The van der Waals surface area contributed by atoms with Gasteiger partial charge in [-0.2, -0.15) is 4.99 Å². The minimum absolute atomic E-state index is 0.0641. The Morgan fingerprint density at radius 3 is 2.31 bits per heavy atom. The summed E-state index contributed by atoms with van der Waals surface area (Å²) >= 11 is 0. The van der Waals surface area contributed by atoms with Gasteiger partial charge < -0.3 is 16.2 Å². The van der Waals surface area contributed by atoms with E-state index in [9.17, 15) is 22.0 Å². The fourth-order valence-electron chi connectivity index (χ4n) is 2.12. The standard InChI is InChI=1S/C16H15F2N3O4S/c1-8-5-13(25-12-4-3-9(17)6-11(12)18)14(26(2,23)24)7-10(8)15(22)21-16(19)20/h3-7H,1-2H3,(H4,19,20,21,22). The van der Waals surface area contributed by atoms with E-state index in [0.29, 0.717) is 11.6 Å². The molecule has 0 saturated carbocycles. The van der Waals surface area contributed by atoms with Crippen LogP contribution in [0.1, 0.15) is 15.9 Å². The molecule has 2 aromatic rings. The van der Waals surface area contributed by atoms with Crippen LogP contribution in [0.15, 0.2) is 40.2 Å². The monoisotopic (exact) mass is 383 g/mol. The molecule has 0 saturated heterocycles. The van der Waals surface area contributed by atoms with Gasteiger partial charge >= 0.3 is 0 Å². The molecule has 26 heavy (non-hydrogen) atoms. The van der Waals surface area contributed by atoms with E-state index in [1.807, 2.05) is 0 Å². The van der Waals surface area contributed by atoms with E-state index in [1.54, 1.807) is 0 Å². The summed E-state index contributed by atoms with van der Waals surface area (Å²) in [6.07, 6.45) is 0.889. The highest BCUT2D eigenvalue weighted by Gasteiger charge is 2.21. The van der Waals surface area contributed by atoms with Crippen molar-refractivity contribution in [1.82, 2.24) is 0 Å². The van der Waals surface area contributed by atoms with Crippen LogP contribution in [0, 0.1) is 18.6 Å². The molecule has 7 nitrogen and oxygen atoms in total. The molecular formula is C16H15F2N3O4S. The van der Waals surface area contributed by atoms with Gasteiger partial charge in [-0.25, -0.2) is 17.2 Å². The number of guanidine groups is 1. The Morgan fingerprint density at radius 1 is 1.12 bits per heavy atom. The van der Waals surface area contributed by atoms with Gasteiger partial charge in [-0.05, 0) is 36.8 Å². The number of hydrogen-bond acceptors (Lipinski definition) is 4. The summed E-state index contributed by atoms with van der Waals surface area (Å²) < 4.78 is 56.2. The van der Waals surface area contributed by atoms with Crippen molar-refractivity contribution in [2.45, 2.75) is 11.8 Å². The zero-order valence-electron chi connectivity index (χ0n) is 13.8. The first-order valence-electron chi connectivity index (χ1n) is 7.10. The van der Waals surface area contributed by atoms with Gasteiger partial charge in [0.2, 0.25) is 0 Å². The smallest absolute Gasteiger partial charge is 0.280 e. The molecule has 4 N–H and O–H groups in total. The molecule has 0 heterocycles. The minimum Gasteiger partial charge on any atom is -0.453 e. The number of rotatable bonds is 4. The van der Waals surface area contributed by atoms with Gasteiger partial charge in [-0.3, -0.25) is 4.79 Å². The quantitative estimate of drug-likeness (QED) is 0.613. The van der Waals surface area contributed by atoms with E-state index in [4.69, 9.17) is 16.2 Å². The number of nitrogens with two attached hydrogens (primary N) is 2. The van der Waals surface area contributed by atoms with Crippen LogP contribution >= 0.6 is 0 Å². The lowest BCUT2D eigenvalue weighted by atomic mass is 10.1. The lowest BCUT2D eigenvalue weighted by Gasteiger charge is -2.13. The molecule has 0 atom stereocenters. The van der Waals surface area contributed by atoms with Crippen molar-refractivity contribution in [1.29, 1.82) is 0 Å². The Kier molecular flexibility index (Phi) is 5.26. The summed E-state index contributed by atoms with van der Waals surface area (Å²) in [5, 5.41) is 0. The first-order valence-corrected chi connectivity index (χ1v) is 8.99. The first kappa shape index (κ1) is 19.3. The zero-order chi connectivity index (χ0) is 19.6. The van der Waals surface area contributed by atoms with E-state index in [-0.39, 0.29) is 22.0 Å². The molecule has 0 aliphatic carbocycles. The average molecular weight is 383 g/mol. The third kappa shape index (κ3) is 4.33. The van der Waals surface area contributed by atoms with Crippen LogP contribution in [0.5, 0.6) is 11.5 Å². The summed E-state index contributed by atoms with van der Waals surface area (Å²) in [5.74, 6) is -3.75. The molecule has 0 bridgehead atoms. The molecule has 0 spiro atoms. The molecule has 0 aromatic heterocycles. The van der Waals surface area contributed by atoms with Crippen molar-refractivity contribution in [2.24, 2.45) is 16.5 Å². The Bertz CT molecular complexity index is 1020. The third-order valence-electron chi connectivity index (χ3n) is 3.27. The van der Waals surface area contributed by atoms with Crippen LogP contribution in [0.3, 0.4) is 0 Å². The molecule has 0 unspecified atom stereocenters. The van der Waals surface area contributed by atoms with Crippen molar-refractivity contribution < 1.29 is 26.7 Å². The van der Waals surface area contributed by atoms with Crippen molar-refractivity contribution in [3.63, 3.8) is 0 Å². The topological polar surface area (TPSA) is 125 Å². The molecule has 10 heteroatoms. The maximum absolute atomic E-state index is 13.8. The van der Waals surface area contributed by atoms with E-state index in [2.05, 4.69) is 4.99 Å². The Morgan fingerprint density at radius 2 is 1.77 bits per heavy atom. The average Bonchev–Trinajstić information content (AvgIpc) is 2.48. The number of amides is 1. The molecule has 2 rings (SSSR count). The number of ether oxygens (including phenoxy) is 1. The number of benzene rings is 2. The van der Waals surface area contributed by atoms with Gasteiger partial charge in [0.15, 0.2) is 27.4 Å². The fraction of sp³-hybridized carbons (Fsp3) is 0.125. The lowest BCUT2D eigenvalue weighted by Crippen LogP contribution is -2.24. The predicted molar refractivity (Wildman–Crippen MR) is 90.9 cm³/mol. The summed E-state index contributed by atoms with van der Waals surface area (Å²) in [7, 11) is -3.86. The zero-order valence-corrected chi connectivity index (χ0v) is 14.6. The van der Waals surface area contributed by atoms with Crippen LogP contribution in [-0.4, -0.2) is 26.5 Å². The number of hydrogen-bond donors (Lipinski definition) is 2. The second kappa shape index (κ2) is 7.08. The number of aryl methyl sites for hydroxylation is 1. The van der Waals surface area contributed by atoms with Gasteiger partial charge in [0.05, 0.1) is 0 Å². The van der Waals surface area contributed by atoms with Crippen molar-refractivity contribution in [2.75, 3.05) is 6.26 Å². The van der Waals surface area contributed by atoms with E-state index in [0.717, 1.165) is 24.5 Å². The number of carbonyl (C=O) groups is 1. The maximum Gasteiger partial charge on any atom is 0.280 e. The molecule has 0 aliphatic rings. The van der Waals surface area contributed by atoms with Gasteiger partial charge in [0.1, 0.15) is 16.5 Å². The number of halogens is 2. The van der Waals surface area contributed by atoms with Gasteiger partial charge in [-0.15, -0.1) is 0 Å². The van der Waals surface area contributed by atoms with Crippen molar-refractivity contribution in [3.05, 3.63) is 53.1 Å². The summed E-state index contributed by atoms with van der Waals surface area (Å²) in [4.78, 5) is 15.0. The maximum atomic E-state index is 13.8. The normalized spacial score (nSPS) is 11.1. The predicted octanol–water partition coefficient (Wildman–Crippen LogP) is 1.88. The van der Waals surface area contributed by atoms with Crippen LogP contribution in [0.4, 0.5) is 8.78 Å². The van der Waals surface area contributed by atoms with Gasteiger partial charge in [0.25, 0.3) is 5.91 Å². The number of aliphatic imine (C=N–C) groups is 1. The SMILES string of the molecule is Cc1cc(Oc2ccc(F)cc2F)c(S(C)(=O)=O)cc1C(=O)N=C(N)N. The van der Waals surface area contributed by atoms with Gasteiger partial charge in [0, 0.05) is 17.9 Å². The first-order chi connectivity index (χ1) is 12.0. The summed E-state index contributed by atoms with van der Waals surface area (Å²) in [5.41, 5.74) is 10.5. The van der Waals surface area contributed by atoms with Crippen LogP contribution in [0.25, 0.3) is 0 Å². The number of carbonyl (C=O) groups excluding carboxylic acids is 1. The Labute approximate surface area is 148 Å². The van der Waals surface area contributed by atoms with Crippen LogP contribution in [0.2, 0.25) is 0 Å². The molecule has 0 fully saturated rings. The molecule has 1 amide bonds. The molecule has 138 valence electrons. The molecular weight excluding hydrogens is 368 g/mol. The lowest BCUT2D eigenvalue weighted by molar-refractivity contribution is 0.100. The minimum atomic E-state index is -3.86. The molecule has 2 aromatic carbocycles. The highest BCUT2D eigenvalue weighted by Crippen LogP contribution is 2.33. The van der Waals surface area contributed by atoms with Crippen LogP contribution in [-0.2, 0) is 9.84 Å². The second-order valence-corrected chi connectivity index (χ2v) is 7.39. The van der Waals surface area contributed by atoms with Crippen LogP contribution < -0.4 is 16.2 Å². The fourth-order valence-corrected chi connectivity index (χ4v) is 2.91. The van der Waals surface area contributed by atoms with E-state index >= 15 is 0 Å². The summed E-state index contributed by atoms with van der Waals surface area (Å²) in [6.45, 7) is 1.50. The number of sulfone groups is 1. The molecule has 0 aliphatic heterocycles. The number of nitrogens with zero attached hydrogens (tertiary/aromatic N) is 1.